The molecule has 0 spiro atoms. The van der Waals surface area contributed by atoms with Crippen molar-refractivity contribution in [1.29, 1.82) is 0 Å². The number of carbonyl (C=O) groups is 1. The second-order valence-corrected chi connectivity index (χ2v) is 2.88. The molecule has 1 N–H and O–H groups in total. The van der Waals surface area contributed by atoms with E-state index in [-0.39, 0.29) is 38.7 Å². The van der Waals surface area contributed by atoms with Crippen LogP contribution in [0.4, 0.5) is 4.79 Å². The molecule has 1 aliphatic rings. The number of hydrogen-bond donors (Lipinski definition) is 1. The van der Waals surface area contributed by atoms with Crippen LogP contribution in [0.15, 0.2) is 17.8 Å². The summed E-state index contributed by atoms with van der Waals surface area (Å²) in [4.78, 5) is 12.6. The summed E-state index contributed by atoms with van der Waals surface area (Å²) in [5, 5.41) is 2.66. The minimum Gasteiger partial charge on any atom is -0.518 e. The molecule has 3 nitrogen and oxygen atoms in total. The third-order valence-corrected chi connectivity index (χ3v) is 1.82. The second-order valence-electron chi connectivity index (χ2n) is 2.88. The standard InChI is InChI=1S/C9H13N2O.Y/c1-3-4-5-8-6-10-9(12)11(2)7-8;/h1,3,6H,4-5,7H2,2H3,(H,10,12);/q-1;+3. The molecule has 4 heteroatoms. The first-order valence-corrected chi connectivity index (χ1v) is 3.97. The van der Waals surface area contributed by atoms with Crippen molar-refractivity contribution in [2.24, 2.45) is 0 Å². The van der Waals surface area contributed by atoms with Gasteiger partial charge < -0.3 is 16.8 Å². The van der Waals surface area contributed by atoms with Gasteiger partial charge in [0, 0.05) is 19.8 Å². The Morgan fingerprint density at radius 2 is 2.46 bits per heavy atom. The predicted octanol–water partition coefficient (Wildman–Crippen LogP) is 1.29. The van der Waals surface area contributed by atoms with Gasteiger partial charge in [-0.2, -0.15) is 0 Å². The van der Waals surface area contributed by atoms with E-state index in [0.717, 1.165) is 12.8 Å². The average Bonchev–Trinajstić information content (AvgIpc) is 2.07. The number of rotatable bonds is 3. The second kappa shape index (κ2) is 6.33. The number of hydrogen-bond acceptors (Lipinski definition) is 1. The molecule has 0 saturated carbocycles. The summed E-state index contributed by atoms with van der Waals surface area (Å²) in [5.74, 6) is 0. The Kier molecular flexibility index (Phi) is 6.26. The smallest absolute Gasteiger partial charge is 0.518 e. The topological polar surface area (TPSA) is 32.3 Å². The van der Waals surface area contributed by atoms with Crippen molar-refractivity contribution in [3.05, 3.63) is 24.4 Å². The number of nitrogens with zero attached hydrogens (tertiary/aromatic N) is 1. The van der Waals surface area contributed by atoms with Gasteiger partial charge in [-0.05, 0) is 12.0 Å². The summed E-state index contributed by atoms with van der Waals surface area (Å²) < 4.78 is 0. The summed E-state index contributed by atoms with van der Waals surface area (Å²) in [6, 6.07) is -0.0459. The molecule has 0 fully saturated rings. The van der Waals surface area contributed by atoms with Gasteiger partial charge in [0.15, 0.2) is 0 Å². The first-order chi connectivity index (χ1) is 5.74. The van der Waals surface area contributed by atoms with Crippen LogP contribution in [0, 0.1) is 6.58 Å². The van der Waals surface area contributed by atoms with Crippen molar-refractivity contribution in [3.63, 3.8) is 0 Å². The Balaban J connectivity index is 0.00000144. The van der Waals surface area contributed by atoms with Gasteiger partial charge in [-0.15, -0.1) is 0 Å². The van der Waals surface area contributed by atoms with Crippen LogP contribution < -0.4 is 5.32 Å². The monoisotopic (exact) mass is 254 g/mol. The van der Waals surface area contributed by atoms with Crippen LogP contribution in [-0.2, 0) is 32.7 Å². The predicted molar refractivity (Wildman–Crippen MR) is 47.3 cm³/mol. The third kappa shape index (κ3) is 4.05. The molecule has 1 aliphatic heterocycles. The van der Waals surface area contributed by atoms with E-state index >= 15 is 0 Å². The molecular weight excluding hydrogens is 241 g/mol. The molecule has 0 atom stereocenters. The normalized spacial score (nSPS) is 15.6. The van der Waals surface area contributed by atoms with Crippen LogP contribution in [0.25, 0.3) is 0 Å². The molecule has 0 aliphatic carbocycles. The van der Waals surface area contributed by atoms with E-state index in [1.165, 1.54) is 5.57 Å². The van der Waals surface area contributed by atoms with E-state index in [2.05, 4.69) is 5.32 Å². The van der Waals surface area contributed by atoms with E-state index in [4.69, 9.17) is 6.58 Å². The summed E-state index contributed by atoms with van der Waals surface area (Å²) in [5.41, 5.74) is 1.21. The molecule has 0 aromatic rings. The van der Waals surface area contributed by atoms with E-state index < -0.39 is 0 Å². The molecular formula is C9H13N2OY+2. The Morgan fingerprint density at radius 3 is 3.00 bits per heavy atom. The molecule has 0 unspecified atom stereocenters. The van der Waals surface area contributed by atoms with Crippen molar-refractivity contribution in [3.8, 4) is 0 Å². The van der Waals surface area contributed by atoms with Crippen molar-refractivity contribution >= 4 is 6.03 Å². The first-order valence-electron chi connectivity index (χ1n) is 3.97. The molecule has 0 radical (unpaired) electrons. The van der Waals surface area contributed by atoms with E-state index in [1.807, 2.05) is 0 Å². The molecule has 13 heavy (non-hydrogen) atoms. The van der Waals surface area contributed by atoms with Gasteiger partial charge in [-0.25, -0.2) is 4.79 Å². The minimum atomic E-state index is -0.0459. The number of likely N-dealkylation sites (N-methyl/N-ethyl adjacent to an activating group) is 1. The van der Waals surface area contributed by atoms with Crippen LogP contribution >= 0.6 is 0 Å². The zero-order valence-electron chi connectivity index (χ0n) is 7.79. The number of allylic oxidation sites excluding steroid dienone is 1. The van der Waals surface area contributed by atoms with E-state index in [9.17, 15) is 4.79 Å². The Hall–Kier alpha value is -0.146. The molecule has 0 saturated heterocycles. The van der Waals surface area contributed by atoms with Crippen LogP contribution in [0.2, 0.25) is 0 Å². The molecule has 0 bridgehead atoms. The maximum Gasteiger partial charge on any atom is 3.00 e. The zero-order valence-corrected chi connectivity index (χ0v) is 10.6. The van der Waals surface area contributed by atoms with Gasteiger partial charge in [0.1, 0.15) is 0 Å². The van der Waals surface area contributed by atoms with E-state index in [0.29, 0.717) is 6.54 Å². The summed E-state index contributed by atoms with van der Waals surface area (Å²) in [7, 11) is 1.77. The number of carbonyl (C=O) groups excluding carboxylic acids is 1. The maximum absolute atomic E-state index is 11.0. The fraction of sp³-hybridized carbons (Fsp3) is 0.444. The summed E-state index contributed by atoms with van der Waals surface area (Å²) >= 11 is 0. The van der Waals surface area contributed by atoms with Crippen LogP contribution in [-0.4, -0.2) is 24.5 Å². The summed E-state index contributed by atoms with van der Waals surface area (Å²) in [6.45, 7) is 5.96. The van der Waals surface area contributed by atoms with Crippen LogP contribution in [0.5, 0.6) is 0 Å². The molecule has 1 rings (SSSR count). The average molecular weight is 254 g/mol. The molecule has 66 valence electrons. The van der Waals surface area contributed by atoms with Crippen molar-refractivity contribution in [2.75, 3.05) is 13.6 Å². The molecule has 0 aromatic heterocycles. The fourth-order valence-corrected chi connectivity index (χ4v) is 1.12. The molecule has 0 aromatic carbocycles. The van der Waals surface area contributed by atoms with Gasteiger partial charge in [-0.3, -0.25) is 6.08 Å². The van der Waals surface area contributed by atoms with Crippen molar-refractivity contribution in [1.82, 2.24) is 10.2 Å². The van der Waals surface area contributed by atoms with Crippen LogP contribution in [0.1, 0.15) is 12.8 Å². The van der Waals surface area contributed by atoms with Gasteiger partial charge >= 0.3 is 38.7 Å². The number of amides is 2. The minimum absolute atomic E-state index is 0. The van der Waals surface area contributed by atoms with Crippen molar-refractivity contribution < 1.29 is 37.5 Å². The first kappa shape index (κ1) is 12.9. The number of nitrogens with one attached hydrogen (secondary N) is 1. The van der Waals surface area contributed by atoms with Crippen LogP contribution in [0.3, 0.4) is 0 Å². The third-order valence-electron chi connectivity index (χ3n) is 1.82. The van der Waals surface area contributed by atoms with Gasteiger partial charge in [-0.1, -0.05) is 6.42 Å². The fourth-order valence-electron chi connectivity index (χ4n) is 1.12. The number of urea groups is 1. The van der Waals surface area contributed by atoms with Crippen molar-refractivity contribution in [2.45, 2.75) is 12.8 Å². The molecule has 2 amide bonds. The van der Waals surface area contributed by atoms with Gasteiger partial charge in [0.2, 0.25) is 0 Å². The van der Waals surface area contributed by atoms with Gasteiger partial charge in [0.05, 0.1) is 0 Å². The Morgan fingerprint density at radius 1 is 1.77 bits per heavy atom. The maximum atomic E-state index is 11.0. The quantitative estimate of drug-likeness (QED) is 0.756. The largest absolute Gasteiger partial charge is 3.00 e. The summed E-state index contributed by atoms with van der Waals surface area (Å²) in [6.07, 6.45) is 5.18. The van der Waals surface area contributed by atoms with E-state index in [1.54, 1.807) is 24.2 Å². The Bertz CT molecular complexity index is 226. The zero-order chi connectivity index (χ0) is 8.97. The SMILES string of the molecule is [CH-]=CCCC1=CNC(=O)N(C)C1.[Y+3]. The van der Waals surface area contributed by atoms with Gasteiger partial charge in [0.25, 0.3) is 0 Å². The Labute approximate surface area is 104 Å². The molecule has 1 heterocycles.